The fraction of sp³-hybridized carbons (Fsp3) is 0.286. The molecule has 4 aromatic rings. The molecule has 8 nitrogen and oxygen atoms in total. The third-order valence-corrected chi connectivity index (χ3v) is 7.38. The van der Waals surface area contributed by atoms with Gasteiger partial charge in [-0.2, -0.15) is 9.50 Å². The van der Waals surface area contributed by atoms with Crippen LogP contribution in [0.4, 0.5) is 0 Å². The van der Waals surface area contributed by atoms with Gasteiger partial charge in [0.05, 0.1) is 17.2 Å². The number of furan rings is 1. The van der Waals surface area contributed by atoms with E-state index in [1.165, 1.54) is 15.9 Å². The first-order valence-corrected chi connectivity index (χ1v) is 11.6. The minimum Gasteiger partial charge on any atom is -0.492 e. The van der Waals surface area contributed by atoms with Crippen molar-refractivity contribution in [2.45, 2.75) is 18.9 Å². The maximum atomic E-state index is 11.6. The molecule has 3 N–H and O–H groups in total. The molecule has 0 bridgehead atoms. The highest BCUT2D eigenvalue weighted by atomic mass is 35.5. The molecule has 11 heteroatoms. The molecule has 1 amide bonds. The van der Waals surface area contributed by atoms with Crippen LogP contribution in [0.5, 0.6) is 5.88 Å². The number of likely N-dealkylation sites (tertiary alicyclic amines) is 1. The number of thiazole rings is 1. The number of rotatable bonds is 5. The van der Waals surface area contributed by atoms with Crippen molar-refractivity contribution in [2.24, 2.45) is 11.7 Å². The number of carbonyl (C=O) groups is 1. The summed E-state index contributed by atoms with van der Waals surface area (Å²) in [5.74, 6) is 0.472. The Hall–Kier alpha value is -2.59. The number of carbonyl (C=O) groups excluding carboxylic acids is 1. The lowest BCUT2D eigenvalue weighted by atomic mass is 9.93. The predicted molar refractivity (Wildman–Crippen MR) is 122 cm³/mol. The lowest BCUT2D eigenvalue weighted by molar-refractivity contribution is -0.123. The van der Waals surface area contributed by atoms with Gasteiger partial charge in [0.2, 0.25) is 22.6 Å². The summed E-state index contributed by atoms with van der Waals surface area (Å²) in [6, 6.07) is 8.48. The Balaban J connectivity index is 1.57. The largest absolute Gasteiger partial charge is 0.492 e. The zero-order chi connectivity index (χ0) is 22.4. The van der Waals surface area contributed by atoms with Gasteiger partial charge in [-0.1, -0.05) is 40.6 Å². The highest BCUT2D eigenvalue weighted by Crippen LogP contribution is 2.44. The van der Waals surface area contributed by atoms with Gasteiger partial charge in [-0.05, 0) is 55.8 Å². The van der Waals surface area contributed by atoms with Crippen LogP contribution in [-0.2, 0) is 4.79 Å². The van der Waals surface area contributed by atoms with Crippen LogP contribution in [0.25, 0.3) is 16.5 Å². The van der Waals surface area contributed by atoms with Crippen molar-refractivity contribution in [3.05, 3.63) is 57.1 Å². The van der Waals surface area contributed by atoms with Gasteiger partial charge in [0.1, 0.15) is 0 Å². The molecular weight excluding hydrogens is 473 g/mol. The molecule has 1 aliphatic rings. The fourth-order valence-electron chi connectivity index (χ4n) is 4.11. The van der Waals surface area contributed by atoms with Gasteiger partial charge >= 0.3 is 0 Å². The number of halogens is 2. The van der Waals surface area contributed by atoms with Crippen molar-refractivity contribution in [3.63, 3.8) is 0 Å². The third-order valence-electron chi connectivity index (χ3n) is 5.74. The zero-order valence-electron chi connectivity index (χ0n) is 16.7. The number of hydrogen-bond acceptors (Lipinski definition) is 7. The number of benzene rings is 1. The van der Waals surface area contributed by atoms with E-state index in [4.69, 9.17) is 33.4 Å². The molecule has 32 heavy (non-hydrogen) atoms. The Morgan fingerprint density at radius 3 is 2.69 bits per heavy atom. The van der Waals surface area contributed by atoms with Crippen LogP contribution in [0.2, 0.25) is 10.0 Å². The number of amides is 1. The highest BCUT2D eigenvalue weighted by Gasteiger charge is 2.34. The van der Waals surface area contributed by atoms with Crippen molar-refractivity contribution in [1.82, 2.24) is 19.5 Å². The van der Waals surface area contributed by atoms with Crippen LogP contribution in [0, 0.1) is 5.92 Å². The number of primary amides is 1. The number of fused-ring (bicyclic) bond motifs is 1. The van der Waals surface area contributed by atoms with E-state index in [9.17, 15) is 9.90 Å². The van der Waals surface area contributed by atoms with E-state index in [1.807, 2.05) is 6.07 Å². The van der Waals surface area contributed by atoms with Gasteiger partial charge in [0.25, 0.3) is 0 Å². The topological polar surface area (TPSA) is 110 Å². The molecule has 0 saturated carbocycles. The van der Waals surface area contributed by atoms with Crippen molar-refractivity contribution in [1.29, 1.82) is 0 Å². The smallest absolute Gasteiger partial charge is 0.230 e. The van der Waals surface area contributed by atoms with E-state index in [0.717, 1.165) is 5.56 Å². The van der Waals surface area contributed by atoms with E-state index >= 15 is 0 Å². The molecule has 5 rings (SSSR count). The first kappa shape index (κ1) is 21.3. The molecule has 3 aromatic heterocycles. The lowest BCUT2D eigenvalue weighted by Crippen LogP contribution is -2.40. The van der Waals surface area contributed by atoms with E-state index in [0.29, 0.717) is 57.4 Å². The number of aromatic nitrogens is 3. The molecule has 0 spiro atoms. The van der Waals surface area contributed by atoms with Crippen LogP contribution in [0.1, 0.15) is 29.3 Å². The molecule has 1 saturated heterocycles. The van der Waals surface area contributed by atoms with Gasteiger partial charge in [0, 0.05) is 16.0 Å². The summed E-state index contributed by atoms with van der Waals surface area (Å²) in [6.07, 6.45) is 2.83. The average Bonchev–Trinajstić information content (AvgIpc) is 3.49. The van der Waals surface area contributed by atoms with Gasteiger partial charge < -0.3 is 15.3 Å². The normalized spacial score (nSPS) is 16.6. The maximum Gasteiger partial charge on any atom is 0.230 e. The van der Waals surface area contributed by atoms with Crippen molar-refractivity contribution in [2.75, 3.05) is 13.1 Å². The molecule has 1 atom stereocenters. The summed E-state index contributed by atoms with van der Waals surface area (Å²) in [5, 5.41) is 16.5. The summed E-state index contributed by atoms with van der Waals surface area (Å²) >= 11 is 14.0. The molecule has 0 aliphatic carbocycles. The summed E-state index contributed by atoms with van der Waals surface area (Å²) in [5.41, 5.74) is 6.31. The number of hydrogen-bond donors (Lipinski definition) is 2. The molecule has 0 radical (unpaired) electrons. The highest BCUT2D eigenvalue weighted by molar-refractivity contribution is 7.17. The van der Waals surface area contributed by atoms with Gasteiger partial charge in [-0.3, -0.25) is 9.69 Å². The molecule has 166 valence electrons. The molecule has 4 heterocycles. The van der Waals surface area contributed by atoms with Gasteiger partial charge in [0.15, 0.2) is 5.76 Å². The van der Waals surface area contributed by atoms with Crippen LogP contribution < -0.4 is 5.73 Å². The van der Waals surface area contributed by atoms with Crippen LogP contribution in [-0.4, -0.2) is 43.6 Å². The minimum atomic E-state index is -0.353. The molecular formula is C21H19Cl2N5O3S. The van der Waals surface area contributed by atoms with Crippen LogP contribution in [0.15, 0.2) is 41.0 Å². The number of aromatic hydroxyl groups is 1. The van der Waals surface area contributed by atoms with E-state index in [2.05, 4.69) is 15.0 Å². The van der Waals surface area contributed by atoms with Crippen LogP contribution in [0.3, 0.4) is 0 Å². The van der Waals surface area contributed by atoms with E-state index in [1.54, 1.807) is 30.5 Å². The third kappa shape index (κ3) is 3.75. The number of nitrogens with zero attached hydrogens (tertiary/aromatic N) is 4. The molecule has 1 aliphatic heterocycles. The van der Waals surface area contributed by atoms with Crippen LogP contribution >= 0.6 is 34.5 Å². The number of nitrogens with two attached hydrogens (primary N) is 1. The Labute approximate surface area is 197 Å². The van der Waals surface area contributed by atoms with Crippen molar-refractivity contribution >= 4 is 45.4 Å². The SMILES string of the molecule is NC(=O)C1CCN([C@H](c2ccc(Cl)cc2Cl)c2sc3nc(-c4ccco4)nn3c2O)CC1. The van der Waals surface area contributed by atoms with Crippen molar-refractivity contribution in [3.8, 4) is 17.5 Å². The molecule has 1 fully saturated rings. The summed E-state index contributed by atoms with van der Waals surface area (Å²) in [7, 11) is 0. The first-order chi connectivity index (χ1) is 15.4. The minimum absolute atomic E-state index is 0.0108. The van der Waals surface area contributed by atoms with E-state index < -0.39 is 0 Å². The Morgan fingerprint density at radius 2 is 2.06 bits per heavy atom. The summed E-state index contributed by atoms with van der Waals surface area (Å²) < 4.78 is 6.77. The average molecular weight is 492 g/mol. The Bertz CT molecular complexity index is 1280. The first-order valence-electron chi connectivity index (χ1n) is 10.0. The van der Waals surface area contributed by atoms with E-state index in [-0.39, 0.29) is 23.7 Å². The Kier molecular flexibility index (Phi) is 5.58. The number of piperidine rings is 1. The van der Waals surface area contributed by atoms with Gasteiger partial charge in [-0.25, -0.2) is 0 Å². The molecule has 1 aromatic carbocycles. The Morgan fingerprint density at radius 1 is 1.28 bits per heavy atom. The lowest BCUT2D eigenvalue weighted by Gasteiger charge is -2.36. The standard InChI is InChI=1S/C21H19Cl2N5O3S/c22-12-3-4-13(14(23)10-12)16(27-7-5-11(6-8-27)18(24)29)17-20(30)28-21(32-17)25-19(26-28)15-2-1-9-31-15/h1-4,9-11,16,30H,5-8H2,(H2,24,29)/t16-/m1/s1. The van der Waals surface area contributed by atoms with Gasteiger partial charge in [-0.15, -0.1) is 5.10 Å². The predicted octanol–water partition coefficient (Wildman–Crippen LogP) is 4.35. The second-order valence-electron chi connectivity index (χ2n) is 7.68. The monoisotopic (exact) mass is 491 g/mol. The quantitative estimate of drug-likeness (QED) is 0.429. The second kappa shape index (κ2) is 8.40. The second-order valence-corrected chi connectivity index (χ2v) is 9.53. The molecule has 0 unspecified atom stereocenters. The maximum absolute atomic E-state index is 11.6. The summed E-state index contributed by atoms with van der Waals surface area (Å²) in [6.45, 7) is 1.25. The zero-order valence-corrected chi connectivity index (χ0v) is 19.1. The summed E-state index contributed by atoms with van der Waals surface area (Å²) in [4.78, 5) is 19.5. The van der Waals surface area contributed by atoms with Crippen molar-refractivity contribution < 1.29 is 14.3 Å². The fourth-order valence-corrected chi connectivity index (χ4v) is 5.73.